The quantitative estimate of drug-likeness (QED) is 0.325. The van der Waals surface area contributed by atoms with E-state index in [-0.39, 0.29) is 17.2 Å². The fourth-order valence-electron chi connectivity index (χ4n) is 3.34. The van der Waals surface area contributed by atoms with Crippen LogP contribution in [-0.2, 0) is 6.54 Å². The normalized spacial score (nSPS) is 11.0. The maximum absolute atomic E-state index is 12.8. The van der Waals surface area contributed by atoms with Crippen LogP contribution in [0.25, 0.3) is 10.8 Å². The lowest BCUT2D eigenvalue weighted by Crippen LogP contribution is -2.28. The number of amides is 2. The van der Waals surface area contributed by atoms with Crippen molar-refractivity contribution in [1.29, 1.82) is 0 Å². The van der Waals surface area contributed by atoms with Crippen molar-refractivity contribution in [2.24, 2.45) is 5.10 Å². The summed E-state index contributed by atoms with van der Waals surface area (Å²) in [5, 5.41) is 12.4. The van der Waals surface area contributed by atoms with Gasteiger partial charge in [0.1, 0.15) is 0 Å². The van der Waals surface area contributed by atoms with Gasteiger partial charge in [-0.3, -0.25) is 14.4 Å². The van der Waals surface area contributed by atoms with E-state index < -0.39 is 5.91 Å². The van der Waals surface area contributed by atoms with Crippen LogP contribution in [-0.4, -0.2) is 27.8 Å². The first-order valence-electron chi connectivity index (χ1n) is 10.5. The molecule has 0 spiro atoms. The van der Waals surface area contributed by atoms with Crippen molar-refractivity contribution in [3.05, 3.63) is 105 Å². The second kappa shape index (κ2) is 10.1. The largest absolute Gasteiger partial charge is 0.322 e. The number of nitrogens with one attached hydrogen (secondary N) is 2. The summed E-state index contributed by atoms with van der Waals surface area (Å²) >= 11 is 5.86. The first kappa shape index (κ1) is 22.9. The maximum atomic E-state index is 12.8. The smallest absolute Gasteiger partial charge is 0.292 e. The number of halogens is 1. The van der Waals surface area contributed by atoms with E-state index >= 15 is 0 Å². The van der Waals surface area contributed by atoms with Crippen molar-refractivity contribution in [3.63, 3.8) is 0 Å². The van der Waals surface area contributed by atoms with Gasteiger partial charge in [0.05, 0.1) is 11.6 Å². The Morgan fingerprint density at radius 1 is 1.00 bits per heavy atom. The van der Waals surface area contributed by atoms with Crippen LogP contribution in [0.1, 0.15) is 33.3 Å². The molecule has 0 bridgehead atoms. The van der Waals surface area contributed by atoms with E-state index in [2.05, 4.69) is 20.9 Å². The second-order valence-corrected chi connectivity index (χ2v) is 7.74. The zero-order valence-electron chi connectivity index (χ0n) is 18.2. The molecule has 0 fully saturated rings. The van der Waals surface area contributed by atoms with Gasteiger partial charge in [-0.25, -0.2) is 10.1 Å². The summed E-state index contributed by atoms with van der Waals surface area (Å²) in [4.78, 5) is 37.6. The number of hydrogen-bond donors (Lipinski definition) is 2. The van der Waals surface area contributed by atoms with Crippen LogP contribution in [0.4, 0.5) is 5.69 Å². The van der Waals surface area contributed by atoms with E-state index in [9.17, 15) is 14.4 Å². The van der Waals surface area contributed by atoms with Gasteiger partial charge in [0.15, 0.2) is 5.69 Å². The van der Waals surface area contributed by atoms with E-state index in [4.69, 9.17) is 11.6 Å². The molecule has 0 unspecified atom stereocenters. The average molecular weight is 474 g/mol. The van der Waals surface area contributed by atoms with Gasteiger partial charge in [0.25, 0.3) is 17.4 Å². The SMILES string of the molecule is CCn1nc(C(=O)N/N=C/c2cccc(NC(=O)c3ccc(Cl)cc3)c2)c2ccccc2c1=O. The molecule has 8 nitrogen and oxygen atoms in total. The molecule has 4 rings (SSSR count). The van der Waals surface area contributed by atoms with Gasteiger partial charge in [0.2, 0.25) is 0 Å². The van der Waals surface area contributed by atoms with E-state index in [1.807, 2.05) is 0 Å². The Labute approximate surface area is 199 Å². The number of aryl methyl sites for hydroxylation is 1. The standard InChI is InChI=1S/C25H20ClN5O3/c1-2-31-25(34)21-9-4-3-8-20(21)22(30-31)24(33)29-27-15-16-6-5-7-19(14-16)28-23(32)17-10-12-18(26)13-11-17/h3-15H,2H2,1H3,(H,28,32)(H,29,33)/b27-15+. The summed E-state index contributed by atoms with van der Waals surface area (Å²) in [5.41, 5.74) is 4.01. The molecule has 9 heteroatoms. The summed E-state index contributed by atoms with van der Waals surface area (Å²) in [5.74, 6) is -0.815. The van der Waals surface area contributed by atoms with Gasteiger partial charge >= 0.3 is 0 Å². The second-order valence-electron chi connectivity index (χ2n) is 7.30. The summed E-state index contributed by atoms with van der Waals surface area (Å²) in [6.07, 6.45) is 1.45. The van der Waals surface area contributed by atoms with Gasteiger partial charge in [0, 0.05) is 28.2 Å². The monoisotopic (exact) mass is 473 g/mol. The van der Waals surface area contributed by atoms with Gasteiger partial charge in [-0.05, 0) is 55.0 Å². The highest BCUT2D eigenvalue weighted by atomic mass is 35.5. The average Bonchev–Trinajstić information content (AvgIpc) is 2.85. The highest BCUT2D eigenvalue weighted by molar-refractivity contribution is 6.30. The third-order valence-corrected chi connectivity index (χ3v) is 5.26. The van der Waals surface area contributed by atoms with E-state index in [1.165, 1.54) is 10.9 Å². The number of benzene rings is 3. The summed E-state index contributed by atoms with van der Waals surface area (Å²) in [7, 11) is 0. The van der Waals surface area contributed by atoms with Crippen LogP contribution in [0.2, 0.25) is 5.02 Å². The minimum absolute atomic E-state index is 0.109. The number of carbonyl (C=O) groups excluding carboxylic acids is 2. The van der Waals surface area contributed by atoms with Crippen LogP contribution in [0, 0.1) is 0 Å². The summed E-state index contributed by atoms with van der Waals surface area (Å²) in [6.45, 7) is 2.11. The fourth-order valence-corrected chi connectivity index (χ4v) is 3.46. The molecule has 0 aliphatic heterocycles. The molecule has 0 atom stereocenters. The third kappa shape index (κ3) is 5.02. The van der Waals surface area contributed by atoms with Crippen molar-refractivity contribution in [3.8, 4) is 0 Å². The number of carbonyl (C=O) groups is 2. The third-order valence-electron chi connectivity index (χ3n) is 5.01. The van der Waals surface area contributed by atoms with Crippen LogP contribution < -0.4 is 16.3 Å². The molecule has 34 heavy (non-hydrogen) atoms. The first-order valence-corrected chi connectivity index (χ1v) is 10.8. The van der Waals surface area contributed by atoms with Crippen molar-refractivity contribution in [1.82, 2.24) is 15.2 Å². The molecule has 0 aliphatic rings. The number of nitrogens with zero attached hydrogens (tertiary/aromatic N) is 3. The van der Waals surface area contributed by atoms with Crippen molar-refractivity contribution in [2.45, 2.75) is 13.5 Å². The zero-order chi connectivity index (χ0) is 24.1. The lowest BCUT2D eigenvalue weighted by atomic mass is 10.1. The summed E-state index contributed by atoms with van der Waals surface area (Å²) in [6, 6.07) is 20.4. The minimum Gasteiger partial charge on any atom is -0.322 e. The van der Waals surface area contributed by atoms with Crippen LogP contribution in [0.3, 0.4) is 0 Å². The van der Waals surface area contributed by atoms with Gasteiger partial charge in [-0.15, -0.1) is 0 Å². The van der Waals surface area contributed by atoms with E-state index in [0.717, 1.165) is 0 Å². The number of fused-ring (bicyclic) bond motifs is 1. The molecule has 3 aromatic carbocycles. The highest BCUT2D eigenvalue weighted by Crippen LogP contribution is 2.15. The number of hydrazone groups is 1. The molecule has 1 heterocycles. The molecule has 2 N–H and O–H groups in total. The Hall–Kier alpha value is -4.30. The molecule has 0 aliphatic carbocycles. The van der Waals surface area contributed by atoms with Crippen LogP contribution in [0.5, 0.6) is 0 Å². The molecule has 0 saturated carbocycles. The topological polar surface area (TPSA) is 105 Å². The summed E-state index contributed by atoms with van der Waals surface area (Å²) < 4.78 is 1.24. The highest BCUT2D eigenvalue weighted by Gasteiger charge is 2.15. The maximum Gasteiger partial charge on any atom is 0.292 e. The number of rotatable bonds is 6. The van der Waals surface area contributed by atoms with Crippen molar-refractivity contribution in [2.75, 3.05) is 5.32 Å². The van der Waals surface area contributed by atoms with E-state index in [0.29, 0.717) is 39.2 Å². The Bertz CT molecular complexity index is 1460. The molecule has 0 radical (unpaired) electrons. The van der Waals surface area contributed by atoms with Gasteiger partial charge in [-0.1, -0.05) is 41.9 Å². The molecular weight excluding hydrogens is 454 g/mol. The molecule has 4 aromatic rings. The Morgan fingerprint density at radius 2 is 1.74 bits per heavy atom. The molecular formula is C25H20ClN5O3. The number of aromatic nitrogens is 2. The minimum atomic E-state index is -0.540. The van der Waals surface area contributed by atoms with Crippen molar-refractivity contribution >= 4 is 46.1 Å². The molecule has 0 saturated heterocycles. The molecule has 1 aromatic heterocycles. The lowest BCUT2D eigenvalue weighted by Gasteiger charge is -2.08. The Kier molecular flexibility index (Phi) is 6.79. The molecule has 170 valence electrons. The molecule has 2 amide bonds. The Balaban J connectivity index is 1.48. The predicted octanol–water partition coefficient (Wildman–Crippen LogP) is 4.09. The first-order chi connectivity index (χ1) is 16.5. The lowest BCUT2D eigenvalue weighted by molar-refractivity contribution is 0.0949. The van der Waals surface area contributed by atoms with Crippen LogP contribution >= 0.6 is 11.6 Å². The van der Waals surface area contributed by atoms with Gasteiger partial charge in [-0.2, -0.15) is 10.2 Å². The van der Waals surface area contributed by atoms with Gasteiger partial charge < -0.3 is 5.32 Å². The fraction of sp³-hybridized carbons (Fsp3) is 0.0800. The number of anilines is 1. The van der Waals surface area contributed by atoms with Crippen molar-refractivity contribution < 1.29 is 9.59 Å². The predicted molar refractivity (Wildman–Crippen MR) is 133 cm³/mol. The van der Waals surface area contributed by atoms with E-state index in [1.54, 1.807) is 79.7 Å². The zero-order valence-corrected chi connectivity index (χ0v) is 18.9. The Morgan fingerprint density at radius 3 is 2.47 bits per heavy atom. The number of hydrogen-bond acceptors (Lipinski definition) is 5. The van der Waals surface area contributed by atoms with Crippen LogP contribution in [0.15, 0.2) is 82.7 Å².